The number of hydrogen-bond acceptors (Lipinski definition) is 2. The highest BCUT2D eigenvalue weighted by Crippen LogP contribution is 2.46. The second kappa shape index (κ2) is 4.68. The monoisotopic (exact) mass is 256 g/mol. The fourth-order valence-electron chi connectivity index (χ4n) is 3.86. The van der Waals surface area contributed by atoms with Gasteiger partial charge in [-0.3, -0.25) is 0 Å². The molecule has 2 heterocycles. The third kappa shape index (κ3) is 1.99. The van der Waals surface area contributed by atoms with Crippen LogP contribution in [0.1, 0.15) is 37.3 Å². The third-order valence-electron chi connectivity index (χ3n) is 4.79. The number of nitrogens with zero attached hydrogens (tertiary/aromatic N) is 1. The number of rotatable bonds is 1. The topological polar surface area (TPSA) is 15.3 Å². The Morgan fingerprint density at radius 1 is 1.32 bits per heavy atom. The van der Waals surface area contributed by atoms with Crippen LogP contribution < -0.4 is 10.2 Å². The molecule has 102 valence electrons. The molecule has 0 aliphatic carbocycles. The first kappa shape index (κ1) is 12.7. The fourth-order valence-corrected chi connectivity index (χ4v) is 3.86. The van der Waals surface area contributed by atoms with Crippen molar-refractivity contribution in [1.82, 2.24) is 5.32 Å². The average Bonchev–Trinajstić information content (AvgIpc) is 2.41. The van der Waals surface area contributed by atoms with Gasteiger partial charge in [-0.05, 0) is 63.9 Å². The lowest BCUT2D eigenvalue weighted by molar-refractivity contribution is 0.290. The summed E-state index contributed by atoms with van der Waals surface area (Å²) in [5, 5.41) is 3.49. The molecule has 0 bridgehead atoms. The summed E-state index contributed by atoms with van der Waals surface area (Å²) >= 11 is 0. The van der Waals surface area contributed by atoms with Crippen LogP contribution in [0.3, 0.4) is 0 Å². The van der Waals surface area contributed by atoms with Gasteiger partial charge in [-0.2, -0.15) is 0 Å². The number of hydrogen-bond donors (Lipinski definition) is 1. The number of aryl methyl sites for hydroxylation is 1. The third-order valence-corrected chi connectivity index (χ3v) is 4.79. The van der Waals surface area contributed by atoms with E-state index in [9.17, 15) is 0 Å². The van der Waals surface area contributed by atoms with E-state index in [1.54, 1.807) is 0 Å². The molecular weight excluding hydrogens is 232 g/mol. The molecular formula is C17H24N2. The maximum absolute atomic E-state index is 4.37. The van der Waals surface area contributed by atoms with Crippen molar-refractivity contribution >= 4 is 11.3 Å². The summed E-state index contributed by atoms with van der Waals surface area (Å²) in [6, 6.07) is 6.82. The number of anilines is 1. The van der Waals surface area contributed by atoms with Gasteiger partial charge in [-0.1, -0.05) is 18.2 Å². The van der Waals surface area contributed by atoms with Gasteiger partial charge < -0.3 is 10.2 Å². The Kier molecular flexibility index (Phi) is 3.14. The number of piperidine rings is 1. The van der Waals surface area contributed by atoms with Gasteiger partial charge >= 0.3 is 0 Å². The normalized spacial score (nSPS) is 21.6. The van der Waals surface area contributed by atoms with Crippen LogP contribution in [0.15, 0.2) is 24.8 Å². The molecule has 0 amide bonds. The maximum atomic E-state index is 4.37. The molecule has 1 fully saturated rings. The van der Waals surface area contributed by atoms with E-state index in [0.29, 0.717) is 5.54 Å². The molecule has 0 atom stereocenters. The van der Waals surface area contributed by atoms with Crippen LogP contribution >= 0.6 is 0 Å². The van der Waals surface area contributed by atoms with E-state index >= 15 is 0 Å². The van der Waals surface area contributed by atoms with E-state index in [2.05, 4.69) is 48.8 Å². The zero-order valence-electron chi connectivity index (χ0n) is 12.1. The number of benzene rings is 1. The molecule has 2 aliphatic rings. The highest BCUT2D eigenvalue weighted by Gasteiger charge is 2.41. The van der Waals surface area contributed by atoms with Crippen LogP contribution in [0.2, 0.25) is 0 Å². The Labute approximate surface area is 116 Å². The summed E-state index contributed by atoms with van der Waals surface area (Å²) < 4.78 is 0. The van der Waals surface area contributed by atoms with Gasteiger partial charge in [0.15, 0.2) is 0 Å². The predicted molar refractivity (Wildman–Crippen MR) is 82.7 cm³/mol. The predicted octanol–water partition coefficient (Wildman–Crippen LogP) is 3.36. The van der Waals surface area contributed by atoms with Crippen LogP contribution in [0.4, 0.5) is 5.69 Å². The van der Waals surface area contributed by atoms with Gasteiger partial charge in [0, 0.05) is 23.3 Å². The summed E-state index contributed by atoms with van der Waals surface area (Å²) in [6.07, 6.45) is 3.58. The SMILES string of the molecule is C=C1CC2(CCNCC2)N(CC)c2ccc(C)cc21. The highest BCUT2D eigenvalue weighted by atomic mass is 15.2. The number of nitrogens with one attached hydrogen (secondary N) is 1. The largest absolute Gasteiger partial charge is 0.365 e. The molecule has 2 nitrogen and oxygen atoms in total. The van der Waals surface area contributed by atoms with Gasteiger partial charge in [0.1, 0.15) is 0 Å². The van der Waals surface area contributed by atoms with E-state index in [-0.39, 0.29) is 0 Å². The van der Waals surface area contributed by atoms with Crippen LogP contribution in [-0.4, -0.2) is 25.2 Å². The van der Waals surface area contributed by atoms with Gasteiger partial charge in [-0.25, -0.2) is 0 Å². The Morgan fingerprint density at radius 2 is 2.05 bits per heavy atom. The van der Waals surface area contributed by atoms with Crippen molar-refractivity contribution in [1.29, 1.82) is 0 Å². The summed E-state index contributed by atoms with van der Waals surface area (Å²) in [4.78, 5) is 2.64. The lowest BCUT2D eigenvalue weighted by Crippen LogP contribution is -2.56. The van der Waals surface area contributed by atoms with Crippen molar-refractivity contribution in [2.75, 3.05) is 24.5 Å². The van der Waals surface area contributed by atoms with Crippen molar-refractivity contribution in [2.45, 2.75) is 38.6 Å². The first-order chi connectivity index (χ1) is 9.16. The quantitative estimate of drug-likeness (QED) is 0.829. The molecule has 3 rings (SSSR count). The first-order valence-electron chi connectivity index (χ1n) is 7.43. The maximum Gasteiger partial charge on any atom is 0.0466 e. The van der Waals surface area contributed by atoms with Crippen LogP contribution in [0.5, 0.6) is 0 Å². The Morgan fingerprint density at radius 3 is 2.74 bits per heavy atom. The van der Waals surface area contributed by atoms with Crippen LogP contribution in [-0.2, 0) is 0 Å². The molecule has 1 spiro atoms. The molecule has 2 heteroatoms. The fraction of sp³-hybridized carbons (Fsp3) is 0.529. The second-order valence-corrected chi connectivity index (χ2v) is 6.02. The van der Waals surface area contributed by atoms with E-state index < -0.39 is 0 Å². The van der Waals surface area contributed by atoms with Crippen molar-refractivity contribution < 1.29 is 0 Å². The molecule has 0 radical (unpaired) electrons. The standard InChI is InChI=1S/C17H24N2/c1-4-19-16-6-5-13(2)11-15(16)14(3)12-17(19)7-9-18-10-8-17/h5-6,11,18H,3-4,7-10,12H2,1-2H3. The zero-order chi connectivity index (χ0) is 13.5. The summed E-state index contributed by atoms with van der Waals surface area (Å²) in [6.45, 7) is 12.2. The molecule has 1 N–H and O–H groups in total. The molecule has 1 saturated heterocycles. The summed E-state index contributed by atoms with van der Waals surface area (Å²) in [7, 11) is 0. The van der Waals surface area contributed by atoms with Crippen molar-refractivity contribution in [3.05, 3.63) is 35.9 Å². The second-order valence-electron chi connectivity index (χ2n) is 6.02. The lowest BCUT2D eigenvalue weighted by Gasteiger charge is -2.52. The molecule has 0 aromatic heterocycles. The van der Waals surface area contributed by atoms with Crippen molar-refractivity contribution in [2.24, 2.45) is 0 Å². The summed E-state index contributed by atoms with van der Waals surface area (Å²) in [5.74, 6) is 0. The van der Waals surface area contributed by atoms with Crippen molar-refractivity contribution in [3.8, 4) is 0 Å². The lowest BCUT2D eigenvalue weighted by atomic mass is 9.75. The van der Waals surface area contributed by atoms with Crippen LogP contribution in [0, 0.1) is 6.92 Å². The molecule has 19 heavy (non-hydrogen) atoms. The molecule has 1 aromatic rings. The van der Waals surface area contributed by atoms with Gasteiger partial charge in [-0.15, -0.1) is 0 Å². The van der Waals surface area contributed by atoms with Crippen molar-refractivity contribution in [3.63, 3.8) is 0 Å². The van der Waals surface area contributed by atoms with Gasteiger partial charge in [0.25, 0.3) is 0 Å². The van der Waals surface area contributed by atoms with E-state index in [1.807, 2.05) is 0 Å². The Bertz CT molecular complexity index is 498. The summed E-state index contributed by atoms with van der Waals surface area (Å²) in [5.41, 5.74) is 5.72. The van der Waals surface area contributed by atoms with Crippen LogP contribution in [0.25, 0.3) is 5.57 Å². The Hall–Kier alpha value is -1.28. The molecule has 0 saturated carbocycles. The van der Waals surface area contributed by atoms with E-state index in [4.69, 9.17) is 0 Å². The minimum atomic E-state index is 0.305. The molecule has 1 aromatic carbocycles. The zero-order valence-corrected chi connectivity index (χ0v) is 12.1. The van der Waals surface area contributed by atoms with E-state index in [0.717, 1.165) is 26.1 Å². The van der Waals surface area contributed by atoms with Gasteiger partial charge in [0.05, 0.1) is 0 Å². The minimum Gasteiger partial charge on any atom is -0.365 e. The Balaban J connectivity index is 2.08. The first-order valence-corrected chi connectivity index (χ1v) is 7.43. The highest BCUT2D eigenvalue weighted by molar-refractivity contribution is 5.81. The smallest absolute Gasteiger partial charge is 0.0466 e. The van der Waals surface area contributed by atoms with E-state index in [1.165, 1.54) is 35.2 Å². The van der Waals surface area contributed by atoms with Gasteiger partial charge in [0.2, 0.25) is 0 Å². The minimum absolute atomic E-state index is 0.305. The molecule has 0 unspecified atom stereocenters. The average molecular weight is 256 g/mol. The number of fused-ring (bicyclic) bond motifs is 1. The molecule has 2 aliphatic heterocycles.